The van der Waals surface area contributed by atoms with Crippen molar-refractivity contribution in [2.45, 2.75) is 32.7 Å². The Hall–Kier alpha value is -2.95. The molecule has 0 aliphatic rings. The molecule has 2 aromatic carbocycles. The number of nitrogens with one attached hydrogen (secondary N) is 1. The molecule has 1 atom stereocenters. The molecule has 26 heavy (non-hydrogen) atoms. The molecule has 1 amide bonds. The van der Waals surface area contributed by atoms with Gasteiger partial charge in [0.15, 0.2) is 5.76 Å². The topological polar surface area (TPSA) is 55.1 Å². The van der Waals surface area contributed by atoms with E-state index < -0.39 is 0 Å². The monoisotopic (exact) mass is 352 g/mol. The molecule has 1 aromatic heterocycles. The molecule has 5 heteroatoms. The fourth-order valence-corrected chi connectivity index (χ4v) is 2.86. The summed E-state index contributed by atoms with van der Waals surface area (Å²) in [6.45, 7) is 4.05. The van der Waals surface area contributed by atoms with Crippen molar-refractivity contribution < 1.29 is 13.6 Å². The van der Waals surface area contributed by atoms with E-state index in [9.17, 15) is 9.18 Å². The Morgan fingerprint density at radius 1 is 1.15 bits per heavy atom. The molecule has 4 nitrogen and oxygen atoms in total. The van der Waals surface area contributed by atoms with Crippen LogP contribution in [0, 0.1) is 5.82 Å². The molecule has 0 fully saturated rings. The van der Waals surface area contributed by atoms with Gasteiger partial charge in [-0.3, -0.25) is 4.79 Å². The van der Waals surface area contributed by atoms with E-state index in [1.165, 1.54) is 12.3 Å². The first-order chi connectivity index (χ1) is 12.6. The van der Waals surface area contributed by atoms with Gasteiger partial charge in [-0.15, -0.1) is 0 Å². The Morgan fingerprint density at radius 3 is 2.58 bits per heavy atom. The van der Waals surface area contributed by atoms with Crippen molar-refractivity contribution >= 4 is 5.91 Å². The second-order valence-electron chi connectivity index (χ2n) is 6.22. The average molecular weight is 352 g/mol. The summed E-state index contributed by atoms with van der Waals surface area (Å²) in [6, 6.07) is 13.5. The summed E-state index contributed by atoms with van der Waals surface area (Å²) < 4.78 is 19.7. The maximum atomic E-state index is 14.0. The average Bonchev–Trinajstić information content (AvgIpc) is 3.12. The van der Waals surface area contributed by atoms with E-state index in [0.717, 1.165) is 12.8 Å². The van der Waals surface area contributed by atoms with Crippen molar-refractivity contribution in [3.63, 3.8) is 0 Å². The third-order valence-electron chi connectivity index (χ3n) is 4.15. The van der Waals surface area contributed by atoms with Crippen LogP contribution in [0.25, 0.3) is 22.8 Å². The largest absolute Gasteiger partial charge is 0.436 e. The zero-order valence-electron chi connectivity index (χ0n) is 14.8. The summed E-state index contributed by atoms with van der Waals surface area (Å²) in [5.74, 6) is 0.0617. The van der Waals surface area contributed by atoms with E-state index in [1.54, 1.807) is 36.4 Å². The number of hydrogen-bond donors (Lipinski definition) is 1. The molecule has 0 aliphatic carbocycles. The lowest BCUT2D eigenvalue weighted by atomic mass is 10.1. The predicted molar refractivity (Wildman–Crippen MR) is 99.2 cm³/mol. The quantitative estimate of drug-likeness (QED) is 0.674. The summed E-state index contributed by atoms with van der Waals surface area (Å²) in [7, 11) is 0. The van der Waals surface area contributed by atoms with Crippen molar-refractivity contribution in [2.24, 2.45) is 0 Å². The molecule has 1 heterocycles. The maximum absolute atomic E-state index is 14.0. The Balaban J connectivity index is 1.91. The lowest BCUT2D eigenvalue weighted by Gasteiger charge is -2.14. The first-order valence-electron chi connectivity index (χ1n) is 8.71. The third kappa shape index (κ3) is 3.82. The third-order valence-corrected chi connectivity index (χ3v) is 4.15. The number of oxazole rings is 1. The van der Waals surface area contributed by atoms with E-state index >= 15 is 0 Å². The van der Waals surface area contributed by atoms with Gasteiger partial charge in [0.05, 0.1) is 17.3 Å². The second kappa shape index (κ2) is 7.95. The first kappa shape index (κ1) is 17.9. The van der Waals surface area contributed by atoms with Crippen LogP contribution in [0.4, 0.5) is 4.39 Å². The van der Waals surface area contributed by atoms with Gasteiger partial charge in [0, 0.05) is 11.6 Å². The van der Waals surface area contributed by atoms with Crippen LogP contribution in [0.1, 0.15) is 37.0 Å². The molecule has 3 rings (SSSR count). The Kier molecular flexibility index (Phi) is 5.46. The van der Waals surface area contributed by atoms with Gasteiger partial charge >= 0.3 is 0 Å². The summed E-state index contributed by atoms with van der Waals surface area (Å²) in [4.78, 5) is 16.9. The fraction of sp³-hybridized carbons (Fsp3) is 0.238. The second-order valence-corrected chi connectivity index (χ2v) is 6.22. The summed E-state index contributed by atoms with van der Waals surface area (Å²) >= 11 is 0. The lowest BCUT2D eigenvalue weighted by molar-refractivity contribution is 0.0938. The molecule has 134 valence electrons. The zero-order valence-corrected chi connectivity index (χ0v) is 14.8. The number of carbonyl (C=O) groups excluding carboxylic acids is 1. The van der Waals surface area contributed by atoms with Gasteiger partial charge in [-0.05, 0) is 37.6 Å². The standard InChI is InChI=1S/C21H21FN2O2/c1-3-8-14(2)24-20(25)15-9-4-5-10-16(15)21-23-13-19(26-21)17-11-6-7-12-18(17)22/h4-7,9-14H,3,8H2,1-2H3,(H,24,25)/t14-/m0/s1. The molecular weight excluding hydrogens is 331 g/mol. The van der Waals surface area contributed by atoms with Gasteiger partial charge in [-0.2, -0.15) is 0 Å². The van der Waals surface area contributed by atoms with Crippen LogP contribution in [0.2, 0.25) is 0 Å². The van der Waals surface area contributed by atoms with Crippen LogP contribution in [-0.4, -0.2) is 16.9 Å². The van der Waals surface area contributed by atoms with Gasteiger partial charge in [0.1, 0.15) is 5.82 Å². The number of amides is 1. The van der Waals surface area contributed by atoms with Crippen molar-refractivity contribution in [2.75, 3.05) is 0 Å². The normalized spacial score (nSPS) is 12.0. The van der Waals surface area contributed by atoms with E-state index in [0.29, 0.717) is 22.5 Å². The van der Waals surface area contributed by atoms with Crippen molar-refractivity contribution in [3.05, 3.63) is 66.1 Å². The zero-order chi connectivity index (χ0) is 18.5. The molecule has 1 N–H and O–H groups in total. The minimum atomic E-state index is -0.380. The summed E-state index contributed by atoms with van der Waals surface area (Å²) in [5.41, 5.74) is 1.40. The van der Waals surface area contributed by atoms with Crippen LogP contribution in [0.3, 0.4) is 0 Å². The molecule has 0 bridgehead atoms. The SMILES string of the molecule is CCC[C@H](C)NC(=O)c1ccccc1-c1ncc(-c2ccccc2F)o1. The van der Waals surface area contributed by atoms with Crippen molar-refractivity contribution in [3.8, 4) is 22.8 Å². The summed E-state index contributed by atoms with van der Waals surface area (Å²) in [6.07, 6.45) is 3.38. The smallest absolute Gasteiger partial charge is 0.252 e. The Labute approximate surface area is 152 Å². The van der Waals surface area contributed by atoms with E-state index in [1.807, 2.05) is 13.0 Å². The minimum Gasteiger partial charge on any atom is -0.436 e. The van der Waals surface area contributed by atoms with Crippen molar-refractivity contribution in [1.29, 1.82) is 0 Å². The first-order valence-corrected chi connectivity index (χ1v) is 8.71. The molecule has 0 saturated heterocycles. The van der Waals surface area contributed by atoms with Crippen LogP contribution in [-0.2, 0) is 0 Å². The number of nitrogens with zero attached hydrogens (tertiary/aromatic N) is 1. The van der Waals surface area contributed by atoms with Gasteiger partial charge in [0.25, 0.3) is 5.91 Å². The molecule has 0 unspecified atom stereocenters. The molecule has 0 saturated carbocycles. The highest BCUT2D eigenvalue weighted by atomic mass is 19.1. The number of benzene rings is 2. The number of halogens is 1. The van der Waals surface area contributed by atoms with Gasteiger partial charge in [-0.1, -0.05) is 37.6 Å². The predicted octanol–water partition coefficient (Wildman–Crippen LogP) is 5.07. The minimum absolute atomic E-state index is 0.0825. The van der Waals surface area contributed by atoms with Gasteiger partial charge in [0.2, 0.25) is 5.89 Å². The number of hydrogen-bond acceptors (Lipinski definition) is 3. The van der Waals surface area contributed by atoms with Crippen LogP contribution in [0.5, 0.6) is 0 Å². The van der Waals surface area contributed by atoms with Gasteiger partial charge in [-0.25, -0.2) is 9.37 Å². The molecule has 0 radical (unpaired) electrons. The number of rotatable bonds is 6. The fourth-order valence-electron chi connectivity index (χ4n) is 2.86. The maximum Gasteiger partial charge on any atom is 0.252 e. The molecule has 0 spiro atoms. The molecular formula is C21H21FN2O2. The molecule has 3 aromatic rings. The lowest BCUT2D eigenvalue weighted by Crippen LogP contribution is -2.32. The number of aromatic nitrogens is 1. The number of carbonyl (C=O) groups is 1. The highest BCUT2D eigenvalue weighted by Gasteiger charge is 2.18. The van der Waals surface area contributed by atoms with Crippen LogP contribution >= 0.6 is 0 Å². The van der Waals surface area contributed by atoms with E-state index in [2.05, 4.69) is 17.2 Å². The Bertz CT molecular complexity index is 904. The molecule has 0 aliphatic heterocycles. The highest BCUT2D eigenvalue weighted by Crippen LogP contribution is 2.29. The van der Waals surface area contributed by atoms with Crippen LogP contribution < -0.4 is 5.32 Å². The van der Waals surface area contributed by atoms with Crippen LogP contribution in [0.15, 0.2) is 59.1 Å². The summed E-state index contributed by atoms with van der Waals surface area (Å²) in [5, 5.41) is 2.99. The van der Waals surface area contributed by atoms with E-state index in [4.69, 9.17) is 4.42 Å². The Morgan fingerprint density at radius 2 is 1.85 bits per heavy atom. The van der Waals surface area contributed by atoms with Crippen molar-refractivity contribution in [1.82, 2.24) is 10.3 Å². The van der Waals surface area contributed by atoms with E-state index in [-0.39, 0.29) is 23.7 Å². The highest BCUT2D eigenvalue weighted by molar-refractivity contribution is 6.00. The van der Waals surface area contributed by atoms with Gasteiger partial charge < -0.3 is 9.73 Å².